The Balaban J connectivity index is 1.15. The second-order valence-electron chi connectivity index (χ2n) is 10.4. The molecule has 0 atom stereocenters. The molecule has 5 aliphatic rings. The highest BCUT2D eigenvalue weighted by atomic mass is 32.2. The molecule has 1 aliphatic heterocycles. The van der Waals surface area contributed by atoms with Gasteiger partial charge in [0.25, 0.3) is 5.91 Å². The van der Waals surface area contributed by atoms with Crippen molar-refractivity contribution in [1.82, 2.24) is 10.4 Å². The van der Waals surface area contributed by atoms with Crippen LogP contribution in [0.1, 0.15) is 54.6 Å². The van der Waals surface area contributed by atoms with E-state index in [0.717, 1.165) is 36.6 Å². The lowest BCUT2D eigenvalue weighted by molar-refractivity contribution is -0.152. The number of carbonyl (C=O) groups is 3. The topological polar surface area (TPSA) is 88.9 Å². The summed E-state index contributed by atoms with van der Waals surface area (Å²) in [6, 6.07) is 10.4. The van der Waals surface area contributed by atoms with Crippen LogP contribution in [0.2, 0.25) is 0 Å². The molecule has 4 saturated carbocycles. The zero-order valence-corrected chi connectivity index (χ0v) is 21.5. The number of hydrogen-bond donors (Lipinski definition) is 1. The van der Waals surface area contributed by atoms with Gasteiger partial charge in [0.15, 0.2) is 4.32 Å². The minimum Gasteiger partial charge on any atom is -0.465 e. The molecule has 7 rings (SSSR count). The van der Waals surface area contributed by atoms with Crippen molar-refractivity contribution in [2.45, 2.75) is 38.5 Å². The van der Waals surface area contributed by atoms with E-state index in [9.17, 15) is 14.4 Å². The van der Waals surface area contributed by atoms with E-state index in [1.807, 2.05) is 0 Å². The number of methoxy groups -OCH3 is 1. The number of thiocarbonyl (C=S) groups is 1. The Kier molecular flexibility index (Phi) is 5.80. The first-order valence-corrected chi connectivity index (χ1v) is 13.4. The number of ether oxygens (including phenoxy) is 1. The lowest BCUT2D eigenvalue weighted by Gasteiger charge is -2.55. The van der Waals surface area contributed by atoms with Crippen molar-refractivity contribution in [2.24, 2.45) is 23.2 Å². The zero-order chi connectivity index (χ0) is 25.0. The number of thioether (sulfide) groups is 1. The van der Waals surface area contributed by atoms with Crippen molar-refractivity contribution in [2.75, 3.05) is 7.11 Å². The van der Waals surface area contributed by atoms with Gasteiger partial charge in [0.05, 0.1) is 23.0 Å². The molecule has 2 aromatic rings. The van der Waals surface area contributed by atoms with Crippen LogP contribution in [0, 0.1) is 23.2 Å². The van der Waals surface area contributed by atoms with Crippen LogP contribution in [-0.2, 0) is 14.3 Å². The van der Waals surface area contributed by atoms with Gasteiger partial charge in [-0.2, -0.15) is 5.01 Å². The first-order chi connectivity index (χ1) is 17.3. The molecule has 2 heterocycles. The number of esters is 1. The minimum absolute atomic E-state index is 0.0603. The van der Waals surface area contributed by atoms with Gasteiger partial charge in [0.1, 0.15) is 11.5 Å². The summed E-state index contributed by atoms with van der Waals surface area (Å²) in [5.41, 5.74) is 3.76. The highest BCUT2D eigenvalue weighted by Gasteiger charge is 2.55. The Bertz CT molecular complexity index is 1260. The van der Waals surface area contributed by atoms with Crippen LogP contribution < -0.4 is 5.43 Å². The lowest BCUT2D eigenvalue weighted by Crippen LogP contribution is -2.57. The van der Waals surface area contributed by atoms with E-state index in [2.05, 4.69) is 5.43 Å². The minimum atomic E-state index is -0.404. The van der Waals surface area contributed by atoms with Gasteiger partial charge < -0.3 is 9.15 Å². The average Bonchev–Trinajstić information content (AvgIpc) is 3.43. The lowest BCUT2D eigenvalue weighted by atomic mass is 9.49. The van der Waals surface area contributed by atoms with Gasteiger partial charge in [0.2, 0.25) is 5.91 Å². The number of benzene rings is 1. The summed E-state index contributed by atoms with van der Waals surface area (Å²) < 4.78 is 11.0. The summed E-state index contributed by atoms with van der Waals surface area (Å²) in [4.78, 5) is 38.6. The molecular formula is C27H26N2O5S2. The molecular weight excluding hydrogens is 496 g/mol. The Labute approximate surface area is 218 Å². The molecule has 0 radical (unpaired) electrons. The van der Waals surface area contributed by atoms with Gasteiger partial charge in [-0.25, -0.2) is 4.79 Å². The van der Waals surface area contributed by atoms with Gasteiger partial charge in [-0.05, 0) is 92.8 Å². The second kappa shape index (κ2) is 8.88. The molecule has 0 spiro atoms. The van der Waals surface area contributed by atoms with E-state index < -0.39 is 5.97 Å². The first-order valence-electron chi connectivity index (χ1n) is 12.2. The molecule has 0 unspecified atom stereocenters. The predicted octanol–water partition coefficient (Wildman–Crippen LogP) is 5.18. The molecule has 9 heteroatoms. The molecule has 36 heavy (non-hydrogen) atoms. The van der Waals surface area contributed by atoms with Crippen molar-refractivity contribution in [3.63, 3.8) is 0 Å². The number of carbonyl (C=O) groups excluding carboxylic acids is 3. The van der Waals surface area contributed by atoms with Crippen LogP contribution in [0.3, 0.4) is 0 Å². The molecule has 5 fully saturated rings. The smallest absolute Gasteiger partial charge is 0.337 e. The van der Waals surface area contributed by atoms with E-state index in [0.29, 0.717) is 44.1 Å². The maximum atomic E-state index is 13.4. The van der Waals surface area contributed by atoms with Crippen molar-refractivity contribution in [1.29, 1.82) is 0 Å². The monoisotopic (exact) mass is 522 g/mol. The van der Waals surface area contributed by atoms with Crippen LogP contribution >= 0.6 is 24.0 Å². The van der Waals surface area contributed by atoms with Gasteiger partial charge in [-0.1, -0.05) is 23.9 Å². The fraction of sp³-hybridized carbons (Fsp3) is 0.407. The quantitative estimate of drug-likeness (QED) is 0.329. The standard InChI is InChI=1S/C27H26N2O5S2/c1-33-24(31)19-4-2-18(3-5-19)21-7-6-20(34-21)11-22-23(30)29(26(35)36-22)28-25(32)27-12-15-8-16(13-27)10-17(9-15)14-27/h2-7,11,15-17H,8-10,12-14H2,1H3,(H,28,32)/b22-11+. The Morgan fingerprint density at radius 2 is 1.72 bits per heavy atom. The Morgan fingerprint density at radius 1 is 1.08 bits per heavy atom. The van der Waals surface area contributed by atoms with Crippen molar-refractivity contribution in [3.05, 3.63) is 52.6 Å². The van der Waals surface area contributed by atoms with E-state index in [4.69, 9.17) is 21.4 Å². The van der Waals surface area contributed by atoms with Crippen molar-refractivity contribution in [3.8, 4) is 11.3 Å². The number of hydrogen-bond acceptors (Lipinski definition) is 7. The highest BCUT2D eigenvalue weighted by molar-refractivity contribution is 8.26. The maximum Gasteiger partial charge on any atom is 0.337 e. The third-order valence-electron chi connectivity index (χ3n) is 8.02. The van der Waals surface area contributed by atoms with E-state index >= 15 is 0 Å². The number of nitrogens with one attached hydrogen (secondary N) is 1. The number of nitrogens with zero attached hydrogens (tertiary/aromatic N) is 1. The van der Waals surface area contributed by atoms with Gasteiger partial charge in [-0.3, -0.25) is 15.0 Å². The zero-order valence-electron chi connectivity index (χ0n) is 19.8. The van der Waals surface area contributed by atoms with Crippen molar-refractivity contribution >= 4 is 52.2 Å². The van der Waals surface area contributed by atoms with Crippen LogP contribution in [0.5, 0.6) is 0 Å². The van der Waals surface area contributed by atoms with E-state index in [1.54, 1.807) is 42.5 Å². The van der Waals surface area contributed by atoms with Gasteiger partial charge >= 0.3 is 5.97 Å². The molecule has 1 N–H and O–H groups in total. The molecule has 7 nitrogen and oxygen atoms in total. The number of furan rings is 1. The number of hydrazine groups is 1. The third-order valence-corrected chi connectivity index (χ3v) is 9.32. The van der Waals surface area contributed by atoms with Crippen LogP contribution in [0.15, 0.2) is 45.7 Å². The highest BCUT2D eigenvalue weighted by Crippen LogP contribution is 2.60. The largest absolute Gasteiger partial charge is 0.465 e. The molecule has 4 aliphatic carbocycles. The van der Waals surface area contributed by atoms with Gasteiger partial charge in [0, 0.05) is 11.6 Å². The van der Waals surface area contributed by atoms with Crippen LogP contribution in [0.4, 0.5) is 0 Å². The molecule has 1 saturated heterocycles. The Morgan fingerprint density at radius 3 is 2.33 bits per heavy atom. The second-order valence-corrected chi connectivity index (χ2v) is 12.1. The summed E-state index contributed by atoms with van der Waals surface area (Å²) >= 11 is 6.59. The first kappa shape index (κ1) is 23.5. The normalized spacial score (nSPS) is 29.8. The van der Waals surface area contributed by atoms with Gasteiger partial charge in [-0.15, -0.1) is 0 Å². The number of rotatable bonds is 5. The molecule has 4 bridgehead atoms. The van der Waals surface area contributed by atoms with E-state index in [-0.39, 0.29) is 17.2 Å². The van der Waals surface area contributed by atoms with Crippen LogP contribution in [-0.4, -0.2) is 34.2 Å². The summed E-state index contributed by atoms with van der Waals surface area (Å²) in [5.74, 6) is 2.20. The van der Waals surface area contributed by atoms with Crippen LogP contribution in [0.25, 0.3) is 17.4 Å². The molecule has 1 aromatic carbocycles. The third kappa shape index (κ3) is 4.08. The van der Waals surface area contributed by atoms with Crippen molar-refractivity contribution < 1.29 is 23.5 Å². The molecule has 2 amide bonds. The van der Waals surface area contributed by atoms with E-state index in [1.165, 1.54) is 31.4 Å². The maximum absolute atomic E-state index is 13.4. The summed E-state index contributed by atoms with van der Waals surface area (Å²) in [7, 11) is 1.34. The summed E-state index contributed by atoms with van der Waals surface area (Å²) in [5, 5.41) is 1.22. The summed E-state index contributed by atoms with van der Waals surface area (Å²) in [6.45, 7) is 0. The predicted molar refractivity (Wildman–Crippen MR) is 139 cm³/mol. The summed E-state index contributed by atoms with van der Waals surface area (Å²) in [6.07, 6.45) is 8.15. The Hall–Kier alpha value is -2.91. The average molecular weight is 523 g/mol. The number of amides is 2. The molecule has 1 aromatic heterocycles. The fourth-order valence-corrected chi connectivity index (χ4v) is 7.94. The SMILES string of the molecule is COC(=O)c1ccc(-c2ccc(/C=C3/SC(=S)N(NC(=O)C45CC6CC(CC(C6)C4)C5)C3=O)o2)cc1. The fourth-order valence-electron chi connectivity index (χ4n) is 6.78. The molecule has 186 valence electrons.